The molecule has 1 saturated carbocycles. The van der Waals surface area contributed by atoms with Gasteiger partial charge in [0.05, 0.1) is 0 Å². The predicted octanol–water partition coefficient (Wildman–Crippen LogP) is 3.51. The fourth-order valence-electron chi connectivity index (χ4n) is 3.83. The molecule has 1 aromatic rings. The first-order valence-corrected chi connectivity index (χ1v) is 8.14. The molecule has 0 amide bonds. The largest absolute Gasteiger partial charge is 0.338 e. The average molecular weight is 280 g/mol. The molecule has 0 bridgehead atoms. The monoisotopic (exact) mass is 280 g/mol. The van der Waals surface area contributed by atoms with E-state index in [1.165, 1.54) is 38.5 Å². The number of nitrogens with zero attached hydrogens (tertiary/aromatic N) is 3. The van der Waals surface area contributed by atoms with Gasteiger partial charge in [-0.2, -0.15) is 0 Å². The van der Waals surface area contributed by atoms with Gasteiger partial charge in [0.1, 0.15) is 0 Å². The summed E-state index contributed by atoms with van der Waals surface area (Å²) in [5.41, 5.74) is 0. The summed E-state index contributed by atoms with van der Waals surface area (Å²) in [5.74, 6) is 1.96. The van der Waals surface area contributed by atoms with Gasteiger partial charge in [0, 0.05) is 19.1 Å². The molecule has 1 aromatic heterocycles. The van der Waals surface area contributed by atoms with Gasteiger partial charge >= 0.3 is 0 Å². The molecule has 4 nitrogen and oxygen atoms in total. The number of hydrogen-bond donors (Lipinski definition) is 1. The second-order valence-corrected chi connectivity index (χ2v) is 6.31. The second-order valence-electron chi connectivity index (χ2n) is 5.93. The molecule has 2 fully saturated rings. The summed E-state index contributed by atoms with van der Waals surface area (Å²) >= 11 is 5.37. The lowest BCUT2D eigenvalue weighted by Crippen LogP contribution is -2.48. The van der Waals surface area contributed by atoms with Crippen LogP contribution in [-0.4, -0.2) is 27.4 Å². The van der Waals surface area contributed by atoms with Crippen LogP contribution in [-0.2, 0) is 6.54 Å². The minimum atomic E-state index is 0.698. The van der Waals surface area contributed by atoms with Gasteiger partial charge in [0.15, 0.2) is 4.77 Å². The molecule has 1 aliphatic heterocycles. The van der Waals surface area contributed by atoms with Crippen LogP contribution in [0.15, 0.2) is 0 Å². The third kappa shape index (κ3) is 2.45. The predicted molar refractivity (Wildman–Crippen MR) is 80.0 cm³/mol. The number of aromatic amines is 1. The van der Waals surface area contributed by atoms with Crippen LogP contribution in [0.1, 0.15) is 51.9 Å². The van der Waals surface area contributed by atoms with Crippen LogP contribution in [0.5, 0.6) is 0 Å². The molecule has 2 atom stereocenters. The Bertz CT molecular complexity index is 476. The first-order chi connectivity index (χ1) is 9.31. The molecule has 19 heavy (non-hydrogen) atoms. The van der Waals surface area contributed by atoms with Crippen molar-refractivity contribution >= 4 is 18.2 Å². The number of hydrogen-bond acceptors (Lipinski definition) is 3. The van der Waals surface area contributed by atoms with Crippen LogP contribution in [0, 0.1) is 10.7 Å². The fraction of sp³-hybridized carbons (Fsp3) is 0.857. The van der Waals surface area contributed by atoms with Crippen LogP contribution in [0.4, 0.5) is 5.95 Å². The zero-order chi connectivity index (χ0) is 13.2. The van der Waals surface area contributed by atoms with Crippen LogP contribution >= 0.6 is 12.2 Å². The highest BCUT2D eigenvalue weighted by atomic mass is 32.1. The summed E-state index contributed by atoms with van der Waals surface area (Å²) < 4.78 is 2.96. The molecule has 0 radical (unpaired) electrons. The Balaban J connectivity index is 1.89. The van der Waals surface area contributed by atoms with Crippen LogP contribution in [0.25, 0.3) is 0 Å². The third-order valence-electron chi connectivity index (χ3n) is 4.69. The molecule has 106 valence electrons. The maximum atomic E-state index is 5.37. The van der Waals surface area contributed by atoms with E-state index in [1.54, 1.807) is 0 Å². The summed E-state index contributed by atoms with van der Waals surface area (Å²) in [4.78, 5) is 2.54. The van der Waals surface area contributed by atoms with Crippen LogP contribution in [0.2, 0.25) is 0 Å². The van der Waals surface area contributed by atoms with E-state index in [4.69, 9.17) is 12.2 Å². The van der Waals surface area contributed by atoms with Crippen molar-refractivity contribution in [1.82, 2.24) is 14.8 Å². The van der Waals surface area contributed by atoms with Crippen molar-refractivity contribution in [2.75, 3.05) is 11.4 Å². The first kappa shape index (κ1) is 13.2. The minimum Gasteiger partial charge on any atom is -0.338 e. The summed E-state index contributed by atoms with van der Waals surface area (Å²) in [6, 6.07) is 0.698. The van der Waals surface area contributed by atoms with Crippen molar-refractivity contribution in [2.45, 2.75) is 64.5 Å². The zero-order valence-electron chi connectivity index (χ0n) is 11.8. The fourth-order valence-corrected chi connectivity index (χ4v) is 4.05. The summed E-state index contributed by atoms with van der Waals surface area (Å²) in [6.45, 7) is 4.31. The molecular formula is C14H24N4S. The topological polar surface area (TPSA) is 36.9 Å². The molecule has 1 N–H and O–H groups in total. The van der Waals surface area contributed by atoms with Crippen LogP contribution in [0.3, 0.4) is 0 Å². The smallest absolute Gasteiger partial charge is 0.225 e. The van der Waals surface area contributed by atoms with Crippen molar-refractivity contribution in [3.63, 3.8) is 0 Å². The van der Waals surface area contributed by atoms with E-state index < -0.39 is 0 Å². The Labute approximate surface area is 120 Å². The second kappa shape index (κ2) is 5.65. The zero-order valence-corrected chi connectivity index (χ0v) is 12.6. The molecule has 1 aliphatic carbocycles. The number of rotatable bonds is 3. The van der Waals surface area contributed by atoms with E-state index in [2.05, 4.69) is 26.6 Å². The van der Waals surface area contributed by atoms with Gasteiger partial charge in [-0.3, -0.25) is 4.57 Å². The molecular weight excluding hydrogens is 256 g/mol. The maximum Gasteiger partial charge on any atom is 0.225 e. The van der Waals surface area contributed by atoms with E-state index in [-0.39, 0.29) is 0 Å². The maximum absolute atomic E-state index is 5.37. The van der Waals surface area contributed by atoms with E-state index in [1.807, 2.05) is 0 Å². The van der Waals surface area contributed by atoms with E-state index >= 15 is 0 Å². The summed E-state index contributed by atoms with van der Waals surface area (Å²) in [6.07, 6.45) is 9.32. The molecule has 0 aromatic carbocycles. The van der Waals surface area contributed by atoms with Crippen molar-refractivity contribution in [3.8, 4) is 0 Å². The van der Waals surface area contributed by atoms with Gasteiger partial charge in [-0.25, -0.2) is 5.10 Å². The number of H-pyrrole nitrogens is 1. The number of fused-ring (bicyclic) bond motifs is 1. The van der Waals surface area contributed by atoms with Crippen molar-refractivity contribution in [3.05, 3.63) is 4.77 Å². The molecule has 5 heteroatoms. The van der Waals surface area contributed by atoms with Crippen molar-refractivity contribution < 1.29 is 0 Å². The van der Waals surface area contributed by atoms with Gasteiger partial charge < -0.3 is 4.90 Å². The van der Waals surface area contributed by atoms with Gasteiger partial charge in [-0.15, -0.1) is 5.10 Å². The SMILES string of the molecule is CCCn1c(N2CCCC3CCCCC32)n[nH]c1=S. The Kier molecular flexibility index (Phi) is 3.91. The molecule has 1 saturated heterocycles. The summed E-state index contributed by atoms with van der Waals surface area (Å²) in [7, 11) is 0. The van der Waals surface area contributed by atoms with Crippen molar-refractivity contribution in [1.29, 1.82) is 0 Å². The van der Waals surface area contributed by atoms with Gasteiger partial charge in [-0.1, -0.05) is 19.8 Å². The van der Waals surface area contributed by atoms with Crippen LogP contribution < -0.4 is 4.90 Å². The number of anilines is 1. The normalized spacial score (nSPS) is 27.3. The molecule has 3 rings (SSSR count). The van der Waals surface area contributed by atoms with Gasteiger partial charge in [-0.05, 0) is 50.2 Å². The highest BCUT2D eigenvalue weighted by Gasteiger charge is 2.35. The van der Waals surface area contributed by atoms with Gasteiger partial charge in [0.2, 0.25) is 5.95 Å². The quantitative estimate of drug-likeness (QED) is 0.861. The Morgan fingerprint density at radius 2 is 2.05 bits per heavy atom. The van der Waals surface area contributed by atoms with Gasteiger partial charge in [0.25, 0.3) is 0 Å². The average Bonchev–Trinajstić information content (AvgIpc) is 2.80. The highest BCUT2D eigenvalue weighted by Crippen LogP contribution is 2.37. The Hall–Kier alpha value is -0.840. The Morgan fingerprint density at radius 3 is 2.89 bits per heavy atom. The van der Waals surface area contributed by atoms with E-state index in [9.17, 15) is 0 Å². The summed E-state index contributed by atoms with van der Waals surface area (Å²) in [5, 5.41) is 7.51. The molecule has 2 unspecified atom stereocenters. The van der Waals surface area contributed by atoms with Crippen molar-refractivity contribution in [2.24, 2.45) is 5.92 Å². The lowest BCUT2D eigenvalue weighted by molar-refractivity contribution is 0.240. The number of aromatic nitrogens is 3. The third-order valence-corrected chi connectivity index (χ3v) is 5.00. The number of piperidine rings is 1. The number of nitrogens with one attached hydrogen (secondary N) is 1. The Morgan fingerprint density at radius 1 is 1.26 bits per heavy atom. The molecule has 2 aliphatic rings. The standard InChI is InChI=1S/C14H24N4S/c1-2-9-18-13(15-16-14(18)19)17-10-5-7-11-6-3-4-8-12(11)17/h11-12H,2-10H2,1H3,(H,16,19). The highest BCUT2D eigenvalue weighted by molar-refractivity contribution is 7.71. The van der Waals surface area contributed by atoms with E-state index in [0.29, 0.717) is 6.04 Å². The first-order valence-electron chi connectivity index (χ1n) is 7.73. The lowest BCUT2D eigenvalue weighted by atomic mass is 9.78. The van der Waals surface area contributed by atoms with E-state index in [0.717, 1.165) is 36.1 Å². The molecule has 0 spiro atoms. The lowest BCUT2D eigenvalue weighted by Gasteiger charge is -2.44. The minimum absolute atomic E-state index is 0.698. The molecule has 2 heterocycles.